The van der Waals surface area contributed by atoms with Crippen LogP contribution in [0.3, 0.4) is 0 Å². The zero-order valence-corrected chi connectivity index (χ0v) is 14.3. The van der Waals surface area contributed by atoms with Crippen LogP contribution in [0.15, 0.2) is 40.8 Å². The molecule has 5 nitrogen and oxygen atoms in total. The topological polar surface area (TPSA) is 49.8 Å². The molecular formula is C17H22N4OS. The van der Waals surface area contributed by atoms with Gasteiger partial charge in [-0.3, -0.25) is 4.99 Å². The van der Waals surface area contributed by atoms with E-state index in [2.05, 4.69) is 51.4 Å². The van der Waals surface area contributed by atoms with Crippen molar-refractivity contribution in [1.29, 1.82) is 0 Å². The Morgan fingerprint density at radius 2 is 2.35 bits per heavy atom. The van der Waals surface area contributed by atoms with Crippen LogP contribution >= 0.6 is 11.3 Å². The lowest BCUT2D eigenvalue weighted by molar-refractivity contribution is -0.00833. The molecular weight excluding hydrogens is 308 g/mol. The fourth-order valence-corrected chi connectivity index (χ4v) is 3.36. The number of aryl methyl sites for hydroxylation is 1. The van der Waals surface area contributed by atoms with E-state index in [1.807, 2.05) is 18.6 Å². The van der Waals surface area contributed by atoms with Crippen molar-refractivity contribution in [2.75, 3.05) is 26.7 Å². The Labute approximate surface area is 141 Å². The van der Waals surface area contributed by atoms with Crippen LogP contribution in [0.2, 0.25) is 0 Å². The molecule has 1 aromatic heterocycles. The van der Waals surface area contributed by atoms with Gasteiger partial charge in [0.2, 0.25) is 0 Å². The number of benzene rings is 1. The van der Waals surface area contributed by atoms with Crippen LogP contribution in [0.1, 0.15) is 22.2 Å². The van der Waals surface area contributed by atoms with E-state index in [0.717, 1.165) is 24.1 Å². The summed E-state index contributed by atoms with van der Waals surface area (Å²) in [6.07, 6.45) is 1.91. The van der Waals surface area contributed by atoms with Crippen LogP contribution in [-0.2, 0) is 11.3 Å². The Balaban J connectivity index is 1.66. The van der Waals surface area contributed by atoms with Gasteiger partial charge < -0.3 is 15.0 Å². The number of ether oxygens (including phenoxy) is 1. The van der Waals surface area contributed by atoms with Gasteiger partial charge in [0.05, 0.1) is 19.7 Å². The highest BCUT2D eigenvalue weighted by molar-refractivity contribution is 7.09. The number of rotatable bonds is 3. The van der Waals surface area contributed by atoms with Gasteiger partial charge >= 0.3 is 0 Å². The summed E-state index contributed by atoms with van der Waals surface area (Å²) < 4.78 is 5.99. The highest BCUT2D eigenvalue weighted by atomic mass is 32.1. The Kier molecular flexibility index (Phi) is 5.25. The third-order valence-electron chi connectivity index (χ3n) is 3.99. The second-order valence-electron chi connectivity index (χ2n) is 5.49. The third-order valence-corrected chi connectivity index (χ3v) is 4.77. The maximum Gasteiger partial charge on any atom is 0.194 e. The Morgan fingerprint density at radius 3 is 3.09 bits per heavy atom. The number of hydrogen-bond acceptors (Lipinski definition) is 4. The molecule has 1 aliphatic heterocycles. The molecule has 0 amide bonds. The minimum atomic E-state index is 0.0864. The van der Waals surface area contributed by atoms with E-state index >= 15 is 0 Å². The Bertz CT molecular complexity index is 656. The number of morpholine rings is 1. The predicted octanol–water partition coefficient (Wildman–Crippen LogP) is 2.60. The minimum Gasteiger partial charge on any atom is -0.370 e. The maximum absolute atomic E-state index is 5.99. The van der Waals surface area contributed by atoms with Crippen molar-refractivity contribution < 1.29 is 4.74 Å². The smallest absolute Gasteiger partial charge is 0.194 e. The lowest BCUT2D eigenvalue weighted by Crippen LogP contribution is -2.48. The molecule has 1 unspecified atom stereocenters. The first-order valence-corrected chi connectivity index (χ1v) is 8.67. The van der Waals surface area contributed by atoms with Crippen LogP contribution in [0.5, 0.6) is 0 Å². The van der Waals surface area contributed by atoms with Crippen LogP contribution in [-0.4, -0.2) is 42.6 Å². The molecule has 0 bridgehead atoms. The standard InChI is InChI=1S/C17H22N4OS/c1-13-5-3-4-6-14(13)15-12-21(8-9-22-15)17(18-2)20-11-16-19-7-10-23-16/h3-7,10,15H,8-9,11-12H2,1-2H3,(H,18,20). The molecule has 1 aliphatic rings. The van der Waals surface area contributed by atoms with E-state index in [4.69, 9.17) is 4.74 Å². The van der Waals surface area contributed by atoms with Gasteiger partial charge in [0.25, 0.3) is 0 Å². The molecule has 2 heterocycles. The molecule has 0 spiro atoms. The predicted molar refractivity (Wildman–Crippen MR) is 93.8 cm³/mol. The van der Waals surface area contributed by atoms with Crippen LogP contribution < -0.4 is 5.32 Å². The van der Waals surface area contributed by atoms with E-state index in [1.54, 1.807) is 11.3 Å². The summed E-state index contributed by atoms with van der Waals surface area (Å²) in [7, 11) is 1.82. The summed E-state index contributed by atoms with van der Waals surface area (Å²) in [6, 6.07) is 8.41. The van der Waals surface area contributed by atoms with Crippen molar-refractivity contribution in [3.63, 3.8) is 0 Å². The number of hydrogen-bond donors (Lipinski definition) is 1. The SMILES string of the molecule is CN=C(NCc1nccs1)N1CCOC(c2ccccc2C)C1. The Hall–Kier alpha value is -1.92. The lowest BCUT2D eigenvalue weighted by atomic mass is 10.0. The largest absolute Gasteiger partial charge is 0.370 e. The van der Waals surface area contributed by atoms with E-state index in [-0.39, 0.29) is 6.10 Å². The zero-order chi connectivity index (χ0) is 16.1. The number of nitrogens with one attached hydrogen (secondary N) is 1. The van der Waals surface area contributed by atoms with Gasteiger partial charge in [-0.2, -0.15) is 0 Å². The van der Waals surface area contributed by atoms with Crippen molar-refractivity contribution in [1.82, 2.24) is 15.2 Å². The van der Waals surface area contributed by atoms with Gasteiger partial charge in [-0.15, -0.1) is 11.3 Å². The minimum absolute atomic E-state index is 0.0864. The van der Waals surface area contributed by atoms with Gasteiger partial charge in [-0.05, 0) is 18.1 Å². The van der Waals surface area contributed by atoms with Gasteiger partial charge in [0, 0.05) is 25.2 Å². The van der Waals surface area contributed by atoms with E-state index in [9.17, 15) is 0 Å². The molecule has 122 valence electrons. The van der Waals surface area contributed by atoms with E-state index < -0.39 is 0 Å². The van der Waals surface area contributed by atoms with E-state index in [1.165, 1.54) is 11.1 Å². The molecule has 1 atom stereocenters. The summed E-state index contributed by atoms with van der Waals surface area (Å²) in [4.78, 5) is 11.0. The summed E-state index contributed by atoms with van der Waals surface area (Å²) in [6.45, 7) is 5.20. The Morgan fingerprint density at radius 1 is 1.48 bits per heavy atom. The molecule has 1 fully saturated rings. The average Bonchev–Trinajstić information content (AvgIpc) is 3.10. The van der Waals surface area contributed by atoms with Crippen molar-refractivity contribution in [3.8, 4) is 0 Å². The highest BCUT2D eigenvalue weighted by Gasteiger charge is 2.25. The summed E-state index contributed by atoms with van der Waals surface area (Å²) in [5, 5.41) is 6.45. The molecule has 1 saturated heterocycles. The average molecular weight is 330 g/mol. The number of aliphatic imine (C=N–C) groups is 1. The number of thiazole rings is 1. The number of aromatic nitrogens is 1. The van der Waals surface area contributed by atoms with Gasteiger partial charge in [0.15, 0.2) is 5.96 Å². The van der Waals surface area contributed by atoms with Crippen molar-refractivity contribution >= 4 is 17.3 Å². The fourth-order valence-electron chi connectivity index (χ4n) is 2.81. The molecule has 3 rings (SSSR count). The number of nitrogens with zero attached hydrogens (tertiary/aromatic N) is 3. The quantitative estimate of drug-likeness (QED) is 0.694. The molecule has 6 heteroatoms. The molecule has 23 heavy (non-hydrogen) atoms. The van der Waals surface area contributed by atoms with Crippen LogP contribution in [0.4, 0.5) is 0 Å². The first kappa shape index (κ1) is 16.0. The lowest BCUT2D eigenvalue weighted by Gasteiger charge is -2.35. The second kappa shape index (κ2) is 7.57. The second-order valence-corrected chi connectivity index (χ2v) is 6.47. The normalized spacial score (nSPS) is 19.0. The fraction of sp³-hybridized carbons (Fsp3) is 0.412. The molecule has 0 aliphatic carbocycles. The maximum atomic E-state index is 5.99. The van der Waals surface area contributed by atoms with Gasteiger partial charge in [-0.25, -0.2) is 4.98 Å². The summed E-state index contributed by atoms with van der Waals surface area (Å²) >= 11 is 1.65. The van der Waals surface area contributed by atoms with E-state index in [0.29, 0.717) is 13.2 Å². The first-order valence-electron chi connectivity index (χ1n) is 7.79. The van der Waals surface area contributed by atoms with Crippen molar-refractivity contribution in [2.24, 2.45) is 4.99 Å². The highest BCUT2D eigenvalue weighted by Crippen LogP contribution is 2.25. The van der Waals surface area contributed by atoms with Gasteiger partial charge in [-0.1, -0.05) is 24.3 Å². The zero-order valence-electron chi connectivity index (χ0n) is 13.5. The molecule has 2 aromatic rings. The molecule has 1 aromatic carbocycles. The summed E-state index contributed by atoms with van der Waals surface area (Å²) in [5.74, 6) is 0.905. The number of guanidine groups is 1. The van der Waals surface area contributed by atoms with Crippen molar-refractivity contribution in [3.05, 3.63) is 52.0 Å². The van der Waals surface area contributed by atoms with Gasteiger partial charge in [0.1, 0.15) is 11.1 Å². The molecule has 1 N–H and O–H groups in total. The third kappa shape index (κ3) is 3.89. The van der Waals surface area contributed by atoms with Crippen molar-refractivity contribution in [2.45, 2.75) is 19.6 Å². The monoisotopic (exact) mass is 330 g/mol. The van der Waals surface area contributed by atoms with Crippen LogP contribution in [0.25, 0.3) is 0 Å². The molecule has 0 radical (unpaired) electrons. The van der Waals surface area contributed by atoms with Crippen LogP contribution in [0, 0.1) is 6.92 Å². The first-order chi connectivity index (χ1) is 11.3. The summed E-state index contributed by atoms with van der Waals surface area (Å²) in [5.41, 5.74) is 2.53. The molecule has 0 saturated carbocycles.